The van der Waals surface area contributed by atoms with Gasteiger partial charge in [-0.25, -0.2) is 0 Å². The van der Waals surface area contributed by atoms with Gasteiger partial charge in [0, 0.05) is 42.8 Å². The number of carbonyl (C=O) groups is 3. The zero-order valence-corrected chi connectivity index (χ0v) is 15.8. The van der Waals surface area contributed by atoms with E-state index >= 15 is 0 Å². The van der Waals surface area contributed by atoms with Gasteiger partial charge in [0.2, 0.25) is 5.91 Å². The van der Waals surface area contributed by atoms with Gasteiger partial charge in [0.15, 0.2) is 0 Å². The van der Waals surface area contributed by atoms with Crippen molar-refractivity contribution in [1.29, 1.82) is 0 Å². The topological polar surface area (TPSA) is 100 Å². The third-order valence-electron chi connectivity index (χ3n) is 4.03. The number of pyridine rings is 1. The normalized spacial score (nSPS) is 10.1. The smallest absolute Gasteiger partial charge is 0.257 e. The summed E-state index contributed by atoms with van der Waals surface area (Å²) in [6.45, 7) is 1.75. The SMILES string of the molecule is CC(=O)Nc1cccc(C(=O)NCc2ccc(NC(=O)c3cccnc3)cc2)c1. The van der Waals surface area contributed by atoms with Crippen molar-refractivity contribution in [3.05, 3.63) is 89.7 Å². The van der Waals surface area contributed by atoms with Crippen LogP contribution in [-0.4, -0.2) is 22.7 Å². The molecule has 0 saturated heterocycles. The fourth-order valence-electron chi connectivity index (χ4n) is 2.63. The maximum Gasteiger partial charge on any atom is 0.257 e. The van der Waals surface area contributed by atoms with Crippen LogP contribution in [0.15, 0.2) is 73.1 Å². The molecule has 0 atom stereocenters. The van der Waals surface area contributed by atoms with Crippen LogP contribution in [0, 0.1) is 0 Å². The molecule has 0 unspecified atom stereocenters. The van der Waals surface area contributed by atoms with E-state index in [1.165, 1.54) is 13.1 Å². The Hall–Kier alpha value is -4.00. The number of amides is 3. The third kappa shape index (κ3) is 5.74. The number of carbonyl (C=O) groups excluding carboxylic acids is 3. The first kappa shape index (κ1) is 19.8. The summed E-state index contributed by atoms with van der Waals surface area (Å²) in [6.07, 6.45) is 3.11. The molecule has 0 saturated carbocycles. The van der Waals surface area contributed by atoms with Crippen LogP contribution in [0.25, 0.3) is 0 Å². The van der Waals surface area contributed by atoms with Crippen molar-refractivity contribution in [2.45, 2.75) is 13.5 Å². The zero-order chi connectivity index (χ0) is 20.6. The summed E-state index contributed by atoms with van der Waals surface area (Å²) in [7, 11) is 0. The number of hydrogen-bond donors (Lipinski definition) is 3. The number of rotatable bonds is 6. The minimum atomic E-state index is -0.244. The van der Waals surface area contributed by atoms with E-state index in [4.69, 9.17) is 0 Å². The van der Waals surface area contributed by atoms with Crippen LogP contribution in [0.1, 0.15) is 33.2 Å². The maximum atomic E-state index is 12.3. The van der Waals surface area contributed by atoms with E-state index in [9.17, 15) is 14.4 Å². The molecule has 1 aromatic heterocycles. The first-order valence-electron chi connectivity index (χ1n) is 8.97. The molecule has 2 aromatic carbocycles. The summed E-state index contributed by atoms with van der Waals surface area (Å²) < 4.78 is 0. The minimum Gasteiger partial charge on any atom is -0.348 e. The fourth-order valence-corrected chi connectivity index (χ4v) is 2.63. The molecule has 3 amide bonds. The van der Waals surface area contributed by atoms with Gasteiger partial charge in [0.1, 0.15) is 0 Å². The molecular formula is C22H20N4O3. The molecule has 3 rings (SSSR count). The minimum absolute atomic E-state index is 0.196. The van der Waals surface area contributed by atoms with Gasteiger partial charge in [-0.2, -0.15) is 0 Å². The van der Waals surface area contributed by atoms with Crippen molar-refractivity contribution in [2.75, 3.05) is 10.6 Å². The average Bonchev–Trinajstić information content (AvgIpc) is 2.73. The first-order chi connectivity index (χ1) is 14.0. The molecule has 0 aliphatic carbocycles. The van der Waals surface area contributed by atoms with Gasteiger partial charge >= 0.3 is 0 Å². The molecule has 7 nitrogen and oxygen atoms in total. The van der Waals surface area contributed by atoms with Crippen molar-refractivity contribution in [1.82, 2.24) is 10.3 Å². The second-order valence-corrected chi connectivity index (χ2v) is 6.34. The van der Waals surface area contributed by atoms with E-state index in [1.807, 2.05) is 12.1 Å². The molecule has 7 heteroatoms. The lowest BCUT2D eigenvalue weighted by atomic mass is 10.1. The van der Waals surface area contributed by atoms with Crippen LogP contribution >= 0.6 is 0 Å². The number of benzene rings is 2. The van der Waals surface area contributed by atoms with E-state index in [0.717, 1.165) is 5.56 Å². The van der Waals surface area contributed by atoms with E-state index < -0.39 is 0 Å². The summed E-state index contributed by atoms with van der Waals surface area (Å²) in [4.78, 5) is 39.5. The highest BCUT2D eigenvalue weighted by Crippen LogP contribution is 2.13. The van der Waals surface area contributed by atoms with Crippen molar-refractivity contribution < 1.29 is 14.4 Å². The van der Waals surface area contributed by atoms with Crippen LogP contribution in [-0.2, 0) is 11.3 Å². The summed E-state index contributed by atoms with van der Waals surface area (Å²) in [6, 6.07) is 17.3. The molecule has 3 aromatic rings. The third-order valence-corrected chi connectivity index (χ3v) is 4.03. The van der Waals surface area contributed by atoms with Crippen molar-refractivity contribution in [2.24, 2.45) is 0 Å². The number of anilines is 2. The number of nitrogens with one attached hydrogen (secondary N) is 3. The molecule has 1 heterocycles. The van der Waals surface area contributed by atoms with Crippen LogP contribution in [0.4, 0.5) is 11.4 Å². The highest BCUT2D eigenvalue weighted by atomic mass is 16.2. The fraction of sp³-hybridized carbons (Fsp3) is 0.0909. The van der Waals surface area contributed by atoms with Crippen LogP contribution in [0.3, 0.4) is 0 Å². The Labute approximate surface area is 168 Å². The average molecular weight is 388 g/mol. The molecule has 0 bridgehead atoms. The molecule has 0 aliphatic rings. The van der Waals surface area contributed by atoms with Crippen LogP contribution in [0.2, 0.25) is 0 Å². The lowest BCUT2D eigenvalue weighted by molar-refractivity contribution is -0.114. The van der Waals surface area contributed by atoms with Gasteiger partial charge in [-0.15, -0.1) is 0 Å². The van der Waals surface area contributed by atoms with Crippen molar-refractivity contribution >= 4 is 29.1 Å². The van der Waals surface area contributed by atoms with Crippen molar-refractivity contribution in [3.63, 3.8) is 0 Å². The summed E-state index contributed by atoms with van der Waals surface area (Å²) >= 11 is 0. The van der Waals surface area contributed by atoms with Gasteiger partial charge in [-0.05, 0) is 48.0 Å². The van der Waals surface area contributed by atoms with Crippen LogP contribution < -0.4 is 16.0 Å². The highest BCUT2D eigenvalue weighted by Gasteiger charge is 2.08. The van der Waals surface area contributed by atoms with Gasteiger partial charge in [0.25, 0.3) is 11.8 Å². The molecule has 0 radical (unpaired) electrons. The summed E-state index contributed by atoms with van der Waals surface area (Å²) in [5.41, 5.74) is 3.04. The standard InChI is InChI=1S/C22H20N4O3/c1-15(27)25-20-6-2-4-17(12-20)21(28)24-13-16-7-9-19(10-8-16)26-22(29)18-5-3-11-23-14-18/h2-12,14H,13H2,1H3,(H,24,28)(H,25,27)(H,26,29). The lowest BCUT2D eigenvalue weighted by Gasteiger charge is -2.09. The quantitative estimate of drug-likeness (QED) is 0.604. The molecular weight excluding hydrogens is 368 g/mol. The Morgan fingerprint density at radius 1 is 0.828 bits per heavy atom. The van der Waals surface area contributed by atoms with Gasteiger partial charge in [-0.3, -0.25) is 19.4 Å². The van der Waals surface area contributed by atoms with Gasteiger partial charge in [0.05, 0.1) is 5.56 Å². The molecule has 3 N–H and O–H groups in total. The van der Waals surface area contributed by atoms with E-state index in [2.05, 4.69) is 20.9 Å². The Balaban J connectivity index is 1.55. The second kappa shape index (κ2) is 9.27. The molecule has 146 valence electrons. The summed E-state index contributed by atoms with van der Waals surface area (Å²) in [5, 5.41) is 8.28. The Morgan fingerprint density at radius 3 is 2.28 bits per heavy atom. The first-order valence-corrected chi connectivity index (χ1v) is 8.97. The predicted octanol–water partition coefficient (Wildman–Crippen LogP) is 3.22. The van der Waals surface area contributed by atoms with E-state index in [1.54, 1.807) is 54.7 Å². The maximum absolute atomic E-state index is 12.3. The predicted molar refractivity (Wildman–Crippen MR) is 111 cm³/mol. The monoisotopic (exact) mass is 388 g/mol. The van der Waals surface area contributed by atoms with Gasteiger partial charge < -0.3 is 16.0 Å². The van der Waals surface area contributed by atoms with E-state index in [-0.39, 0.29) is 17.7 Å². The number of hydrogen-bond acceptors (Lipinski definition) is 4. The van der Waals surface area contributed by atoms with Crippen molar-refractivity contribution in [3.8, 4) is 0 Å². The molecule has 0 spiro atoms. The Kier molecular flexibility index (Phi) is 6.32. The highest BCUT2D eigenvalue weighted by molar-refractivity contribution is 6.04. The summed E-state index contributed by atoms with van der Waals surface area (Å²) in [5.74, 6) is -0.678. The van der Waals surface area contributed by atoms with Gasteiger partial charge in [-0.1, -0.05) is 18.2 Å². The lowest BCUT2D eigenvalue weighted by Crippen LogP contribution is -2.23. The number of nitrogens with zero attached hydrogens (tertiary/aromatic N) is 1. The zero-order valence-electron chi connectivity index (χ0n) is 15.8. The van der Waals surface area contributed by atoms with E-state index in [0.29, 0.717) is 29.0 Å². The molecule has 29 heavy (non-hydrogen) atoms. The Bertz CT molecular complexity index is 1020. The second-order valence-electron chi connectivity index (χ2n) is 6.34. The Morgan fingerprint density at radius 2 is 1.59 bits per heavy atom. The molecule has 0 fully saturated rings. The largest absolute Gasteiger partial charge is 0.348 e. The molecule has 0 aliphatic heterocycles. The number of aromatic nitrogens is 1. The van der Waals surface area contributed by atoms with Crippen LogP contribution in [0.5, 0.6) is 0 Å².